The zero-order chi connectivity index (χ0) is 16.0. The van der Waals surface area contributed by atoms with Gasteiger partial charge in [0.05, 0.1) is 18.6 Å². The van der Waals surface area contributed by atoms with E-state index in [0.717, 1.165) is 18.7 Å². The van der Waals surface area contributed by atoms with Crippen molar-refractivity contribution in [3.8, 4) is 5.75 Å². The molecule has 2 aromatic rings. The van der Waals surface area contributed by atoms with Crippen molar-refractivity contribution >= 4 is 17.5 Å². The predicted octanol–water partition coefficient (Wildman–Crippen LogP) is 2.85. The lowest BCUT2D eigenvalue weighted by atomic mass is 9.98. The maximum Gasteiger partial charge on any atom is 0.257 e. The molecule has 120 valence electrons. The van der Waals surface area contributed by atoms with E-state index in [1.165, 1.54) is 7.11 Å². The molecule has 2 heterocycles. The predicted molar refractivity (Wildman–Crippen MR) is 82.9 cm³/mol. The van der Waals surface area contributed by atoms with Crippen molar-refractivity contribution < 1.29 is 14.1 Å². The number of nitrogens with zero attached hydrogens (tertiary/aromatic N) is 3. The summed E-state index contributed by atoms with van der Waals surface area (Å²) in [7, 11) is 1.54. The molecule has 1 aliphatic carbocycles. The van der Waals surface area contributed by atoms with Crippen LogP contribution in [0.3, 0.4) is 0 Å². The molecule has 1 saturated carbocycles. The molecule has 23 heavy (non-hydrogen) atoms. The molecule has 0 bridgehead atoms. The number of amides is 1. The highest BCUT2D eigenvalue weighted by atomic mass is 35.5. The zero-order valence-electron chi connectivity index (χ0n) is 12.7. The number of likely N-dealkylation sites (tertiary alicyclic amines) is 1. The summed E-state index contributed by atoms with van der Waals surface area (Å²) in [4.78, 5) is 18.8. The Hall–Kier alpha value is -2.08. The Morgan fingerprint density at radius 2 is 2.13 bits per heavy atom. The Kier molecular flexibility index (Phi) is 3.49. The van der Waals surface area contributed by atoms with E-state index in [0.29, 0.717) is 41.2 Å². The summed E-state index contributed by atoms with van der Waals surface area (Å²) < 4.78 is 10.6. The minimum atomic E-state index is -0.0949. The molecule has 1 saturated heterocycles. The van der Waals surface area contributed by atoms with Crippen LogP contribution in [0.5, 0.6) is 5.75 Å². The van der Waals surface area contributed by atoms with Crippen LogP contribution >= 0.6 is 11.6 Å². The number of rotatable bonds is 4. The first-order valence-electron chi connectivity index (χ1n) is 7.62. The lowest BCUT2D eigenvalue weighted by Gasteiger charge is -2.37. The Labute approximate surface area is 138 Å². The topological polar surface area (TPSA) is 68.5 Å². The Morgan fingerprint density at radius 1 is 1.35 bits per heavy atom. The van der Waals surface area contributed by atoms with Gasteiger partial charge >= 0.3 is 0 Å². The first-order valence-corrected chi connectivity index (χ1v) is 8.00. The average Bonchev–Trinajstić information content (AvgIpc) is 3.25. The van der Waals surface area contributed by atoms with Gasteiger partial charge in [-0.3, -0.25) is 4.79 Å². The van der Waals surface area contributed by atoms with E-state index in [-0.39, 0.29) is 11.8 Å². The smallest absolute Gasteiger partial charge is 0.257 e. The number of hydrogen-bond donors (Lipinski definition) is 0. The third-order valence-corrected chi connectivity index (χ3v) is 4.54. The first kappa shape index (κ1) is 14.5. The fourth-order valence-corrected chi connectivity index (χ4v) is 2.91. The van der Waals surface area contributed by atoms with Crippen LogP contribution in [0.1, 0.15) is 46.8 Å². The molecule has 0 unspecified atom stereocenters. The van der Waals surface area contributed by atoms with Gasteiger partial charge in [0.15, 0.2) is 5.82 Å². The normalized spacial score (nSPS) is 17.9. The van der Waals surface area contributed by atoms with Crippen molar-refractivity contribution in [3.63, 3.8) is 0 Å². The second-order valence-electron chi connectivity index (χ2n) is 6.02. The van der Waals surface area contributed by atoms with E-state index in [9.17, 15) is 4.79 Å². The van der Waals surface area contributed by atoms with E-state index in [4.69, 9.17) is 20.9 Å². The van der Waals surface area contributed by atoms with E-state index in [1.54, 1.807) is 23.1 Å². The van der Waals surface area contributed by atoms with Gasteiger partial charge in [0.1, 0.15) is 5.75 Å². The quantitative estimate of drug-likeness (QED) is 0.860. The van der Waals surface area contributed by atoms with Gasteiger partial charge < -0.3 is 14.2 Å². The number of benzene rings is 1. The van der Waals surface area contributed by atoms with Gasteiger partial charge in [-0.2, -0.15) is 4.98 Å². The summed E-state index contributed by atoms with van der Waals surface area (Å²) in [5.41, 5.74) is 0.475. The lowest BCUT2D eigenvalue weighted by molar-refractivity contribution is 0.0566. The number of hydrogen-bond acceptors (Lipinski definition) is 5. The van der Waals surface area contributed by atoms with Crippen LogP contribution < -0.4 is 4.74 Å². The van der Waals surface area contributed by atoms with Crippen molar-refractivity contribution in [2.75, 3.05) is 20.2 Å². The van der Waals surface area contributed by atoms with Crippen LogP contribution in [0.2, 0.25) is 5.02 Å². The Balaban J connectivity index is 1.44. The van der Waals surface area contributed by atoms with Crippen molar-refractivity contribution in [3.05, 3.63) is 40.5 Å². The van der Waals surface area contributed by atoms with Crippen molar-refractivity contribution in [2.24, 2.45) is 0 Å². The zero-order valence-corrected chi connectivity index (χ0v) is 13.4. The van der Waals surface area contributed by atoms with Crippen LogP contribution in [-0.4, -0.2) is 41.1 Å². The molecule has 4 rings (SSSR count). The highest BCUT2D eigenvalue weighted by Crippen LogP contribution is 2.39. The molecule has 2 fully saturated rings. The second-order valence-corrected chi connectivity index (χ2v) is 6.45. The minimum absolute atomic E-state index is 0.0949. The van der Waals surface area contributed by atoms with Gasteiger partial charge in [0.2, 0.25) is 5.89 Å². The molecule has 6 nitrogen and oxygen atoms in total. The van der Waals surface area contributed by atoms with E-state index in [1.807, 2.05) is 0 Å². The number of halogens is 1. The number of methoxy groups -OCH3 is 1. The van der Waals surface area contributed by atoms with E-state index >= 15 is 0 Å². The van der Waals surface area contributed by atoms with Crippen molar-refractivity contribution in [1.82, 2.24) is 15.0 Å². The van der Waals surface area contributed by atoms with Crippen LogP contribution in [0.4, 0.5) is 0 Å². The molecule has 0 spiro atoms. The lowest BCUT2D eigenvalue weighted by Crippen LogP contribution is -2.48. The van der Waals surface area contributed by atoms with E-state index in [2.05, 4.69) is 10.1 Å². The SMILES string of the molecule is COc1ccc(Cl)cc1C(=O)N1CC(c2nc(C3CC3)no2)C1. The van der Waals surface area contributed by atoms with Crippen LogP contribution in [0, 0.1) is 0 Å². The summed E-state index contributed by atoms with van der Waals surface area (Å²) >= 11 is 5.99. The monoisotopic (exact) mass is 333 g/mol. The summed E-state index contributed by atoms with van der Waals surface area (Å²) in [6, 6.07) is 5.04. The van der Waals surface area contributed by atoms with Crippen LogP contribution in [0.15, 0.2) is 22.7 Å². The standard InChI is InChI=1S/C16H16ClN3O3/c1-22-13-5-4-11(17)6-12(13)16(21)20-7-10(8-20)15-18-14(19-23-15)9-2-3-9/h4-6,9-10H,2-3,7-8H2,1H3. The molecule has 0 N–H and O–H groups in total. The van der Waals surface area contributed by atoms with Gasteiger partial charge in [-0.15, -0.1) is 0 Å². The molecule has 0 radical (unpaired) electrons. The molecular weight excluding hydrogens is 318 g/mol. The number of ether oxygens (including phenoxy) is 1. The number of carbonyl (C=O) groups excluding carboxylic acids is 1. The molecule has 1 aromatic carbocycles. The average molecular weight is 334 g/mol. The first-order chi connectivity index (χ1) is 11.2. The molecular formula is C16H16ClN3O3. The van der Waals surface area contributed by atoms with Crippen LogP contribution in [0.25, 0.3) is 0 Å². The number of carbonyl (C=O) groups is 1. The summed E-state index contributed by atoms with van der Waals surface area (Å²) in [5, 5.41) is 4.53. The van der Waals surface area contributed by atoms with Gasteiger partial charge in [0, 0.05) is 24.0 Å². The fourth-order valence-electron chi connectivity index (χ4n) is 2.74. The Bertz CT molecular complexity index is 751. The molecule has 0 atom stereocenters. The minimum Gasteiger partial charge on any atom is -0.496 e. The highest BCUT2D eigenvalue weighted by molar-refractivity contribution is 6.31. The van der Waals surface area contributed by atoms with Gasteiger partial charge in [-0.05, 0) is 31.0 Å². The van der Waals surface area contributed by atoms with Crippen molar-refractivity contribution in [2.45, 2.75) is 24.7 Å². The van der Waals surface area contributed by atoms with Crippen LogP contribution in [-0.2, 0) is 0 Å². The molecule has 1 aliphatic heterocycles. The van der Waals surface area contributed by atoms with Crippen molar-refractivity contribution in [1.29, 1.82) is 0 Å². The molecule has 1 amide bonds. The summed E-state index contributed by atoms with van der Waals surface area (Å²) in [5.74, 6) is 2.46. The largest absolute Gasteiger partial charge is 0.496 e. The Morgan fingerprint density at radius 3 is 2.83 bits per heavy atom. The molecule has 1 aromatic heterocycles. The maximum atomic E-state index is 12.6. The van der Waals surface area contributed by atoms with Gasteiger partial charge in [-0.1, -0.05) is 16.8 Å². The summed E-state index contributed by atoms with van der Waals surface area (Å²) in [6.07, 6.45) is 2.28. The van der Waals surface area contributed by atoms with E-state index < -0.39 is 0 Å². The maximum absolute atomic E-state index is 12.6. The number of aromatic nitrogens is 2. The highest BCUT2D eigenvalue weighted by Gasteiger charge is 2.38. The third kappa shape index (κ3) is 2.67. The second kappa shape index (κ2) is 5.53. The van der Waals surface area contributed by atoms with Gasteiger partial charge in [-0.25, -0.2) is 0 Å². The third-order valence-electron chi connectivity index (χ3n) is 4.31. The summed E-state index contributed by atoms with van der Waals surface area (Å²) in [6.45, 7) is 1.14. The fraction of sp³-hybridized carbons (Fsp3) is 0.438. The molecule has 2 aliphatic rings. The molecule has 7 heteroatoms. The van der Waals surface area contributed by atoms with Gasteiger partial charge in [0.25, 0.3) is 5.91 Å².